The number of nitrogens with one attached hydrogen (secondary N) is 2. The third-order valence-electron chi connectivity index (χ3n) is 1.88. The molecule has 0 saturated carbocycles. The van der Waals surface area contributed by atoms with Gasteiger partial charge in [0.25, 0.3) is 0 Å². The van der Waals surface area contributed by atoms with Gasteiger partial charge in [0, 0.05) is 20.6 Å². The molecule has 6 heteroatoms. The van der Waals surface area contributed by atoms with Crippen LogP contribution in [0.2, 0.25) is 0 Å². The summed E-state index contributed by atoms with van der Waals surface area (Å²) < 4.78 is 5.30. The number of nitrogens with zero attached hydrogens (tertiary/aromatic N) is 3. The first-order valence-corrected chi connectivity index (χ1v) is 5.25. The fraction of sp³-hybridized carbons (Fsp3) is 0.600. The first kappa shape index (κ1) is 12.5. The fourth-order valence-corrected chi connectivity index (χ4v) is 1.23. The Balaban J connectivity index is 2.91. The van der Waals surface area contributed by atoms with Crippen molar-refractivity contribution in [3.05, 3.63) is 6.33 Å². The molecule has 2 N–H and O–H groups in total. The highest BCUT2D eigenvalue weighted by Gasteiger charge is 2.11. The number of rotatable bonds is 6. The number of hydrogen-bond donors (Lipinski definition) is 2. The standard InChI is InChI=1S/C10H19N5O/c1-5-6-11-9-8(16-4)10(13-7-12-9)14-15(2)3/h7H,5-6H2,1-4H3,(H2,11,12,13,14). The Bertz CT molecular complexity index is 329. The van der Waals surface area contributed by atoms with Gasteiger partial charge in [-0.1, -0.05) is 6.92 Å². The zero-order valence-corrected chi connectivity index (χ0v) is 10.2. The molecule has 1 aromatic heterocycles. The van der Waals surface area contributed by atoms with E-state index in [2.05, 4.69) is 27.6 Å². The first-order chi connectivity index (χ1) is 7.69. The van der Waals surface area contributed by atoms with Crippen molar-refractivity contribution in [3.63, 3.8) is 0 Å². The Hall–Kier alpha value is -1.56. The van der Waals surface area contributed by atoms with E-state index in [1.807, 2.05) is 14.1 Å². The highest BCUT2D eigenvalue weighted by Crippen LogP contribution is 2.28. The molecule has 0 amide bonds. The van der Waals surface area contributed by atoms with Gasteiger partial charge < -0.3 is 15.5 Å². The Kier molecular flexibility index (Phi) is 4.78. The van der Waals surface area contributed by atoms with Crippen molar-refractivity contribution < 1.29 is 4.74 Å². The Labute approximate surface area is 96.0 Å². The molecule has 0 atom stereocenters. The van der Waals surface area contributed by atoms with Crippen LogP contribution in [0.25, 0.3) is 0 Å². The highest BCUT2D eigenvalue weighted by atomic mass is 16.5. The zero-order valence-electron chi connectivity index (χ0n) is 10.2. The monoisotopic (exact) mass is 225 g/mol. The van der Waals surface area contributed by atoms with E-state index in [0.29, 0.717) is 17.4 Å². The van der Waals surface area contributed by atoms with Crippen LogP contribution in [0, 0.1) is 0 Å². The van der Waals surface area contributed by atoms with E-state index in [9.17, 15) is 0 Å². The van der Waals surface area contributed by atoms with Crippen molar-refractivity contribution in [2.75, 3.05) is 38.5 Å². The van der Waals surface area contributed by atoms with Crippen LogP contribution in [-0.2, 0) is 0 Å². The summed E-state index contributed by atoms with van der Waals surface area (Å²) in [6.07, 6.45) is 2.54. The number of anilines is 2. The summed E-state index contributed by atoms with van der Waals surface area (Å²) in [5.41, 5.74) is 3.06. The lowest BCUT2D eigenvalue weighted by molar-refractivity contribution is 0.407. The molecule has 0 aliphatic rings. The van der Waals surface area contributed by atoms with Crippen molar-refractivity contribution in [3.8, 4) is 5.75 Å². The van der Waals surface area contributed by atoms with E-state index in [1.165, 1.54) is 6.33 Å². The zero-order chi connectivity index (χ0) is 12.0. The maximum atomic E-state index is 5.30. The fourth-order valence-electron chi connectivity index (χ4n) is 1.23. The predicted molar refractivity (Wildman–Crippen MR) is 64.7 cm³/mol. The quantitative estimate of drug-likeness (QED) is 0.709. The van der Waals surface area contributed by atoms with Gasteiger partial charge in [-0.3, -0.25) is 0 Å². The van der Waals surface area contributed by atoms with Gasteiger partial charge >= 0.3 is 0 Å². The molecule has 16 heavy (non-hydrogen) atoms. The van der Waals surface area contributed by atoms with Crippen LogP contribution < -0.4 is 15.5 Å². The molecule has 6 nitrogen and oxygen atoms in total. The van der Waals surface area contributed by atoms with Gasteiger partial charge in [-0.25, -0.2) is 15.0 Å². The summed E-state index contributed by atoms with van der Waals surface area (Å²) in [6.45, 7) is 2.95. The SMILES string of the molecule is CCCNc1ncnc(NN(C)C)c1OC. The highest BCUT2D eigenvalue weighted by molar-refractivity contribution is 5.63. The maximum Gasteiger partial charge on any atom is 0.205 e. The molecule has 0 radical (unpaired) electrons. The molecule has 0 fully saturated rings. The molecule has 0 spiro atoms. The Morgan fingerprint density at radius 1 is 1.31 bits per heavy atom. The van der Waals surface area contributed by atoms with Crippen LogP contribution in [0.3, 0.4) is 0 Å². The third-order valence-corrected chi connectivity index (χ3v) is 1.88. The lowest BCUT2D eigenvalue weighted by atomic mass is 10.4. The van der Waals surface area contributed by atoms with Gasteiger partial charge in [0.2, 0.25) is 5.75 Å². The summed E-state index contributed by atoms with van der Waals surface area (Å²) in [5, 5.41) is 4.99. The molecule has 1 aromatic rings. The van der Waals surface area contributed by atoms with Gasteiger partial charge in [0.05, 0.1) is 7.11 Å². The van der Waals surface area contributed by atoms with Gasteiger partial charge in [-0.15, -0.1) is 0 Å². The van der Waals surface area contributed by atoms with E-state index >= 15 is 0 Å². The van der Waals surface area contributed by atoms with Crippen LogP contribution in [0.15, 0.2) is 6.33 Å². The van der Waals surface area contributed by atoms with Gasteiger partial charge in [0.1, 0.15) is 6.33 Å². The lowest BCUT2D eigenvalue weighted by Crippen LogP contribution is -2.21. The molecule has 0 unspecified atom stereocenters. The van der Waals surface area contributed by atoms with Gasteiger partial charge in [-0.2, -0.15) is 0 Å². The second-order valence-corrected chi connectivity index (χ2v) is 3.54. The van der Waals surface area contributed by atoms with Crippen molar-refractivity contribution in [2.45, 2.75) is 13.3 Å². The van der Waals surface area contributed by atoms with E-state index < -0.39 is 0 Å². The van der Waals surface area contributed by atoms with Crippen molar-refractivity contribution in [1.29, 1.82) is 0 Å². The molecule has 0 aromatic carbocycles. The van der Waals surface area contributed by atoms with E-state index in [-0.39, 0.29) is 0 Å². The van der Waals surface area contributed by atoms with E-state index in [0.717, 1.165) is 13.0 Å². The van der Waals surface area contributed by atoms with E-state index in [1.54, 1.807) is 12.1 Å². The number of aromatic nitrogens is 2. The minimum absolute atomic E-state index is 0.629. The van der Waals surface area contributed by atoms with Crippen LogP contribution >= 0.6 is 0 Å². The Morgan fingerprint density at radius 2 is 2.00 bits per heavy atom. The van der Waals surface area contributed by atoms with Crippen molar-refractivity contribution >= 4 is 11.6 Å². The predicted octanol–water partition coefficient (Wildman–Crippen LogP) is 1.20. The summed E-state index contributed by atoms with van der Waals surface area (Å²) in [7, 11) is 5.39. The van der Waals surface area contributed by atoms with Crippen LogP contribution in [0.1, 0.15) is 13.3 Å². The molecule has 1 heterocycles. The van der Waals surface area contributed by atoms with Gasteiger partial charge in [0.15, 0.2) is 11.6 Å². The van der Waals surface area contributed by atoms with Crippen molar-refractivity contribution in [1.82, 2.24) is 15.0 Å². The van der Waals surface area contributed by atoms with Crippen molar-refractivity contribution in [2.24, 2.45) is 0 Å². The number of methoxy groups -OCH3 is 1. The smallest absolute Gasteiger partial charge is 0.205 e. The first-order valence-electron chi connectivity index (χ1n) is 5.25. The topological polar surface area (TPSA) is 62.3 Å². The molecular weight excluding hydrogens is 206 g/mol. The third kappa shape index (κ3) is 3.23. The van der Waals surface area contributed by atoms with Gasteiger partial charge in [-0.05, 0) is 6.42 Å². The average molecular weight is 225 g/mol. The number of hydrogen-bond acceptors (Lipinski definition) is 6. The summed E-state index contributed by atoms with van der Waals surface area (Å²) >= 11 is 0. The Morgan fingerprint density at radius 3 is 2.56 bits per heavy atom. The largest absolute Gasteiger partial charge is 0.490 e. The lowest BCUT2D eigenvalue weighted by Gasteiger charge is -2.17. The molecule has 90 valence electrons. The average Bonchev–Trinajstić information content (AvgIpc) is 2.25. The molecular formula is C10H19N5O. The summed E-state index contributed by atoms with van der Waals surface area (Å²) in [6, 6.07) is 0. The minimum atomic E-state index is 0.629. The molecule has 0 bridgehead atoms. The summed E-state index contributed by atoms with van der Waals surface area (Å²) in [4.78, 5) is 8.28. The molecule has 0 saturated heterocycles. The van der Waals surface area contributed by atoms with Crippen LogP contribution in [0.5, 0.6) is 5.75 Å². The molecule has 0 aliphatic carbocycles. The molecule has 1 rings (SSSR count). The summed E-state index contributed by atoms with van der Waals surface area (Å²) in [5.74, 6) is 1.99. The number of hydrazine groups is 1. The second-order valence-electron chi connectivity index (χ2n) is 3.54. The number of ether oxygens (including phenoxy) is 1. The van der Waals surface area contributed by atoms with Crippen LogP contribution in [0.4, 0.5) is 11.6 Å². The normalized spacial score (nSPS) is 10.3. The second kappa shape index (κ2) is 6.12. The maximum absolute atomic E-state index is 5.30. The van der Waals surface area contributed by atoms with Crippen LogP contribution in [-0.4, -0.2) is 42.7 Å². The molecule has 0 aliphatic heterocycles. The minimum Gasteiger partial charge on any atom is -0.490 e. The van der Waals surface area contributed by atoms with E-state index in [4.69, 9.17) is 4.74 Å².